The van der Waals surface area contributed by atoms with Crippen LogP contribution in [0.15, 0.2) is 12.1 Å². The number of hydrogen-bond acceptors (Lipinski definition) is 4. The van der Waals surface area contributed by atoms with Gasteiger partial charge in [0.25, 0.3) is 5.91 Å². The summed E-state index contributed by atoms with van der Waals surface area (Å²) in [6.07, 6.45) is 0. The summed E-state index contributed by atoms with van der Waals surface area (Å²) in [5.41, 5.74) is 0.990. The number of hydrogen-bond donors (Lipinski definition) is 1. The van der Waals surface area contributed by atoms with E-state index in [4.69, 9.17) is 10.4 Å². The number of rotatable bonds is 4. The molecular weight excluding hydrogens is 246 g/mol. The summed E-state index contributed by atoms with van der Waals surface area (Å²) in [4.78, 5) is 28.2. The molecule has 6 nitrogen and oxygen atoms in total. The third kappa shape index (κ3) is 3.52. The molecule has 0 aliphatic carbocycles. The van der Waals surface area contributed by atoms with Crippen LogP contribution in [0.3, 0.4) is 0 Å². The highest BCUT2D eigenvalue weighted by Gasteiger charge is 2.22. The van der Waals surface area contributed by atoms with Crippen molar-refractivity contribution < 1.29 is 14.7 Å². The van der Waals surface area contributed by atoms with Gasteiger partial charge in [-0.2, -0.15) is 5.26 Å². The topological polar surface area (TPSA) is 94.3 Å². The van der Waals surface area contributed by atoms with Gasteiger partial charge in [-0.05, 0) is 32.9 Å². The van der Waals surface area contributed by atoms with Crippen LogP contribution in [0.1, 0.15) is 35.6 Å². The Labute approximate surface area is 111 Å². The molecule has 0 fully saturated rings. The Morgan fingerprint density at radius 1 is 1.47 bits per heavy atom. The summed E-state index contributed by atoms with van der Waals surface area (Å²) in [6.45, 7) is 4.72. The summed E-state index contributed by atoms with van der Waals surface area (Å²) in [5, 5.41) is 17.6. The van der Waals surface area contributed by atoms with E-state index in [1.54, 1.807) is 20.8 Å². The van der Waals surface area contributed by atoms with E-state index >= 15 is 0 Å². The third-order valence-electron chi connectivity index (χ3n) is 2.62. The molecule has 1 rings (SSSR count). The smallest absolute Gasteiger partial charge is 0.323 e. The highest BCUT2D eigenvalue weighted by atomic mass is 16.4. The van der Waals surface area contributed by atoms with Crippen LogP contribution in [0.2, 0.25) is 0 Å². The molecule has 19 heavy (non-hydrogen) atoms. The summed E-state index contributed by atoms with van der Waals surface area (Å²) in [6, 6.07) is 4.66. The van der Waals surface area contributed by atoms with Crippen molar-refractivity contribution in [3.8, 4) is 6.07 Å². The van der Waals surface area contributed by atoms with Gasteiger partial charge in [0.15, 0.2) is 0 Å². The number of pyridine rings is 1. The average molecular weight is 261 g/mol. The average Bonchev–Trinajstić information content (AvgIpc) is 2.34. The molecule has 0 unspecified atom stereocenters. The number of nitrogens with zero attached hydrogens (tertiary/aromatic N) is 3. The molecule has 0 aromatic carbocycles. The van der Waals surface area contributed by atoms with Gasteiger partial charge in [-0.25, -0.2) is 4.98 Å². The maximum absolute atomic E-state index is 12.2. The highest BCUT2D eigenvalue weighted by Crippen LogP contribution is 2.10. The number of carbonyl (C=O) groups excluding carboxylic acids is 1. The maximum atomic E-state index is 12.2. The Bertz CT molecular complexity index is 547. The van der Waals surface area contributed by atoms with Gasteiger partial charge in [-0.15, -0.1) is 0 Å². The van der Waals surface area contributed by atoms with Gasteiger partial charge in [0.1, 0.15) is 18.3 Å². The zero-order valence-electron chi connectivity index (χ0n) is 11.0. The fourth-order valence-corrected chi connectivity index (χ4v) is 1.58. The second kappa shape index (κ2) is 5.96. The molecule has 0 spiro atoms. The number of nitriles is 1. The van der Waals surface area contributed by atoms with Crippen LogP contribution < -0.4 is 0 Å². The Balaban J connectivity index is 3.07. The fraction of sp³-hybridized carbons (Fsp3) is 0.385. The van der Waals surface area contributed by atoms with E-state index in [0.717, 1.165) is 0 Å². The largest absolute Gasteiger partial charge is 0.480 e. The van der Waals surface area contributed by atoms with Gasteiger partial charge < -0.3 is 10.0 Å². The van der Waals surface area contributed by atoms with E-state index in [-0.39, 0.29) is 18.3 Å². The maximum Gasteiger partial charge on any atom is 0.323 e. The predicted octanol–water partition coefficient (Wildman–Crippen LogP) is 1.20. The summed E-state index contributed by atoms with van der Waals surface area (Å²) >= 11 is 0. The Hall–Kier alpha value is -2.42. The van der Waals surface area contributed by atoms with Gasteiger partial charge in [0.2, 0.25) is 0 Å². The van der Waals surface area contributed by atoms with Crippen molar-refractivity contribution in [3.63, 3.8) is 0 Å². The lowest BCUT2D eigenvalue weighted by atomic mass is 10.2. The van der Waals surface area contributed by atoms with Crippen LogP contribution in [-0.2, 0) is 4.79 Å². The van der Waals surface area contributed by atoms with Crippen LogP contribution in [0, 0.1) is 18.3 Å². The van der Waals surface area contributed by atoms with Gasteiger partial charge in [-0.3, -0.25) is 9.59 Å². The SMILES string of the molecule is Cc1nc(C(=O)N(CC(=O)O)C(C)C)ccc1C#N. The molecular formula is C13H15N3O3. The molecule has 1 amide bonds. The van der Waals surface area contributed by atoms with E-state index in [1.165, 1.54) is 17.0 Å². The molecule has 0 bridgehead atoms. The summed E-state index contributed by atoms with van der Waals surface area (Å²) in [5.74, 6) is -1.53. The summed E-state index contributed by atoms with van der Waals surface area (Å²) < 4.78 is 0. The van der Waals surface area contributed by atoms with E-state index < -0.39 is 11.9 Å². The second-order valence-corrected chi connectivity index (χ2v) is 4.36. The first-order chi connectivity index (χ1) is 8.86. The van der Waals surface area contributed by atoms with Crippen molar-refractivity contribution in [2.75, 3.05) is 6.54 Å². The van der Waals surface area contributed by atoms with Crippen LogP contribution in [0.5, 0.6) is 0 Å². The van der Waals surface area contributed by atoms with Crippen molar-refractivity contribution in [2.24, 2.45) is 0 Å². The lowest BCUT2D eigenvalue weighted by molar-refractivity contribution is -0.138. The van der Waals surface area contributed by atoms with Gasteiger partial charge in [0.05, 0.1) is 11.3 Å². The molecule has 1 aromatic heterocycles. The molecule has 0 radical (unpaired) electrons. The number of carbonyl (C=O) groups is 2. The van der Waals surface area contributed by atoms with Crippen molar-refractivity contribution >= 4 is 11.9 Å². The Morgan fingerprint density at radius 3 is 2.53 bits per heavy atom. The first-order valence-corrected chi connectivity index (χ1v) is 5.77. The van der Waals surface area contributed by atoms with Crippen molar-refractivity contribution in [2.45, 2.75) is 26.8 Å². The van der Waals surface area contributed by atoms with Crippen molar-refractivity contribution in [1.29, 1.82) is 5.26 Å². The molecule has 0 atom stereocenters. The van der Waals surface area contributed by atoms with Gasteiger partial charge in [-0.1, -0.05) is 0 Å². The number of carboxylic acids is 1. The van der Waals surface area contributed by atoms with Crippen LogP contribution in [0.4, 0.5) is 0 Å². The Kier molecular flexibility index (Phi) is 4.59. The third-order valence-corrected chi connectivity index (χ3v) is 2.62. The number of aliphatic carboxylic acids is 1. The van der Waals surface area contributed by atoms with Crippen molar-refractivity contribution in [1.82, 2.24) is 9.88 Å². The quantitative estimate of drug-likeness (QED) is 0.878. The zero-order valence-corrected chi connectivity index (χ0v) is 11.0. The molecule has 0 aliphatic rings. The van der Waals surface area contributed by atoms with E-state index in [2.05, 4.69) is 4.98 Å². The first-order valence-electron chi connectivity index (χ1n) is 5.77. The van der Waals surface area contributed by atoms with E-state index in [0.29, 0.717) is 11.3 Å². The number of aromatic nitrogens is 1. The molecule has 100 valence electrons. The normalized spacial score (nSPS) is 10.1. The molecule has 0 saturated carbocycles. The van der Waals surface area contributed by atoms with Crippen LogP contribution in [0.25, 0.3) is 0 Å². The van der Waals surface area contributed by atoms with Crippen LogP contribution >= 0.6 is 0 Å². The van der Waals surface area contributed by atoms with Gasteiger partial charge >= 0.3 is 5.97 Å². The van der Waals surface area contributed by atoms with Crippen LogP contribution in [-0.4, -0.2) is 39.5 Å². The first kappa shape index (κ1) is 14.6. The molecule has 1 N–H and O–H groups in total. The van der Waals surface area contributed by atoms with E-state index in [9.17, 15) is 9.59 Å². The number of aryl methyl sites for hydroxylation is 1. The minimum atomic E-state index is -1.08. The highest BCUT2D eigenvalue weighted by molar-refractivity contribution is 5.94. The molecule has 1 heterocycles. The second-order valence-electron chi connectivity index (χ2n) is 4.36. The zero-order chi connectivity index (χ0) is 14.6. The minimum Gasteiger partial charge on any atom is -0.480 e. The van der Waals surface area contributed by atoms with E-state index in [1.807, 2.05) is 6.07 Å². The molecule has 0 aliphatic heterocycles. The standard InChI is InChI=1S/C13H15N3O3/c1-8(2)16(7-12(17)18)13(19)11-5-4-10(6-14)9(3)15-11/h4-5,8H,7H2,1-3H3,(H,17,18). The molecule has 0 saturated heterocycles. The minimum absolute atomic E-state index is 0.145. The summed E-state index contributed by atoms with van der Waals surface area (Å²) in [7, 11) is 0. The van der Waals surface area contributed by atoms with Gasteiger partial charge in [0, 0.05) is 6.04 Å². The molecule has 1 aromatic rings. The Morgan fingerprint density at radius 2 is 2.11 bits per heavy atom. The lowest BCUT2D eigenvalue weighted by Crippen LogP contribution is -2.41. The number of carboxylic acid groups (broad SMARTS) is 1. The fourth-order valence-electron chi connectivity index (χ4n) is 1.58. The predicted molar refractivity (Wildman–Crippen MR) is 67.5 cm³/mol. The molecule has 6 heteroatoms. The monoisotopic (exact) mass is 261 g/mol. The lowest BCUT2D eigenvalue weighted by Gasteiger charge is -2.24. The van der Waals surface area contributed by atoms with Crippen molar-refractivity contribution in [3.05, 3.63) is 29.1 Å². The number of amides is 1.